The second-order valence-corrected chi connectivity index (χ2v) is 7.44. The van der Waals surface area contributed by atoms with Gasteiger partial charge in [-0.2, -0.15) is 0 Å². The fourth-order valence-corrected chi connectivity index (χ4v) is 3.99. The van der Waals surface area contributed by atoms with Crippen LogP contribution >= 0.6 is 11.8 Å². The Labute approximate surface area is 165 Å². The molecule has 5 nitrogen and oxygen atoms in total. The first kappa shape index (κ1) is 19.3. The average Bonchev–Trinajstić information content (AvgIpc) is 2.69. The topological polar surface area (TPSA) is 69.2 Å². The number of nitrogens with zero attached hydrogens (tertiary/aromatic N) is 3. The number of rotatable bonds is 5. The Kier molecular flexibility index (Phi) is 6.74. The number of pyridine rings is 1. The first-order valence-corrected chi connectivity index (χ1v) is 10.0. The van der Waals surface area contributed by atoms with E-state index in [1.165, 1.54) is 11.1 Å². The molecule has 1 aromatic heterocycles. The van der Waals surface area contributed by atoms with Crippen molar-refractivity contribution in [1.82, 2.24) is 14.8 Å². The standard InChI is InChI=1S/C21H25N5S/c1-2-4-17-6-8-18(9-7-17)16-27-20-19(5-3-10-24-20)15-25-11-13-26(14-12-25)21(22)23/h3,5-10H,11-16H2,1H3,(H3,22,23). The molecule has 1 aromatic carbocycles. The van der Waals surface area contributed by atoms with Crippen molar-refractivity contribution in [3.8, 4) is 11.8 Å². The molecule has 0 aliphatic carbocycles. The summed E-state index contributed by atoms with van der Waals surface area (Å²) >= 11 is 1.78. The average molecular weight is 380 g/mol. The van der Waals surface area contributed by atoms with Gasteiger partial charge in [0, 0.05) is 50.2 Å². The second kappa shape index (κ2) is 9.45. The summed E-state index contributed by atoms with van der Waals surface area (Å²) in [6, 6.07) is 12.6. The SMILES string of the molecule is CC#Cc1ccc(CSc2ncccc2CN2CCN(C(=N)N)CC2)cc1. The molecule has 0 spiro atoms. The van der Waals surface area contributed by atoms with Crippen molar-refractivity contribution < 1.29 is 0 Å². The second-order valence-electron chi connectivity index (χ2n) is 6.48. The molecule has 0 amide bonds. The zero-order chi connectivity index (χ0) is 19.1. The summed E-state index contributed by atoms with van der Waals surface area (Å²) in [5, 5.41) is 8.63. The van der Waals surface area contributed by atoms with Crippen LogP contribution in [0.25, 0.3) is 0 Å². The summed E-state index contributed by atoms with van der Waals surface area (Å²) in [5.74, 6) is 7.06. The predicted molar refractivity (Wildman–Crippen MR) is 112 cm³/mol. The van der Waals surface area contributed by atoms with Gasteiger partial charge in [0.15, 0.2) is 5.96 Å². The van der Waals surface area contributed by atoms with E-state index in [0.29, 0.717) is 0 Å². The van der Waals surface area contributed by atoms with Gasteiger partial charge in [0.25, 0.3) is 0 Å². The van der Waals surface area contributed by atoms with E-state index < -0.39 is 0 Å². The van der Waals surface area contributed by atoms with Crippen LogP contribution in [0.2, 0.25) is 0 Å². The molecule has 1 aliphatic heterocycles. The highest BCUT2D eigenvalue weighted by atomic mass is 32.2. The highest BCUT2D eigenvalue weighted by molar-refractivity contribution is 7.98. The summed E-state index contributed by atoms with van der Waals surface area (Å²) in [7, 11) is 0. The van der Waals surface area contributed by atoms with Gasteiger partial charge in [0.1, 0.15) is 5.03 Å². The highest BCUT2D eigenvalue weighted by Gasteiger charge is 2.18. The van der Waals surface area contributed by atoms with Crippen LogP contribution < -0.4 is 5.73 Å². The van der Waals surface area contributed by atoms with E-state index in [9.17, 15) is 0 Å². The molecule has 2 heterocycles. The normalized spacial score (nSPS) is 14.5. The van der Waals surface area contributed by atoms with Crippen molar-refractivity contribution in [2.24, 2.45) is 5.73 Å². The lowest BCUT2D eigenvalue weighted by Crippen LogP contribution is -2.50. The van der Waals surface area contributed by atoms with Gasteiger partial charge in [-0.3, -0.25) is 10.3 Å². The van der Waals surface area contributed by atoms with Gasteiger partial charge in [-0.1, -0.05) is 24.1 Å². The number of nitrogens with one attached hydrogen (secondary N) is 1. The van der Waals surface area contributed by atoms with Gasteiger partial charge in [-0.15, -0.1) is 17.7 Å². The number of thioether (sulfide) groups is 1. The van der Waals surface area contributed by atoms with E-state index in [1.807, 2.05) is 24.1 Å². The molecule has 6 heteroatoms. The highest BCUT2D eigenvalue weighted by Crippen LogP contribution is 2.25. The molecule has 27 heavy (non-hydrogen) atoms. The molecular weight excluding hydrogens is 354 g/mol. The number of aromatic nitrogens is 1. The molecule has 0 bridgehead atoms. The van der Waals surface area contributed by atoms with Crippen molar-refractivity contribution in [2.45, 2.75) is 24.2 Å². The van der Waals surface area contributed by atoms with Gasteiger partial charge >= 0.3 is 0 Å². The lowest BCUT2D eigenvalue weighted by atomic mass is 10.1. The number of piperazine rings is 1. The fourth-order valence-electron chi connectivity index (χ4n) is 3.04. The van der Waals surface area contributed by atoms with Crippen molar-refractivity contribution in [3.05, 3.63) is 59.3 Å². The van der Waals surface area contributed by atoms with Gasteiger partial charge in [-0.25, -0.2) is 4.98 Å². The molecule has 0 saturated carbocycles. The summed E-state index contributed by atoms with van der Waals surface area (Å²) in [6.07, 6.45) is 1.86. The van der Waals surface area contributed by atoms with Crippen molar-refractivity contribution in [3.63, 3.8) is 0 Å². The predicted octanol–water partition coefficient (Wildman–Crippen LogP) is 2.76. The van der Waals surface area contributed by atoms with Gasteiger partial charge in [-0.05, 0) is 36.2 Å². The molecular formula is C21H25N5S. The molecule has 3 N–H and O–H groups in total. The Morgan fingerprint density at radius 2 is 1.93 bits per heavy atom. The maximum absolute atomic E-state index is 7.55. The summed E-state index contributed by atoms with van der Waals surface area (Å²) < 4.78 is 0. The number of nitrogens with two attached hydrogens (primary N) is 1. The molecule has 0 unspecified atom stereocenters. The molecule has 1 saturated heterocycles. The van der Waals surface area contributed by atoms with Crippen molar-refractivity contribution in [2.75, 3.05) is 26.2 Å². The fraction of sp³-hybridized carbons (Fsp3) is 0.333. The number of guanidine groups is 1. The zero-order valence-electron chi connectivity index (χ0n) is 15.6. The number of hydrogen-bond donors (Lipinski definition) is 2. The Morgan fingerprint density at radius 1 is 1.19 bits per heavy atom. The molecule has 0 atom stereocenters. The van der Waals surface area contributed by atoms with E-state index in [-0.39, 0.29) is 5.96 Å². The first-order chi connectivity index (χ1) is 13.2. The zero-order valence-corrected chi connectivity index (χ0v) is 16.4. The third kappa shape index (κ3) is 5.49. The Morgan fingerprint density at radius 3 is 2.59 bits per heavy atom. The lowest BCUT2D eigenvalue weighted by Gasteiger charge is -2.35. The summed E-state index contributed by atoms with van der Waals surface area (Å²) in [6.45, 7) is 6.19. The minimum absolute atomic E-state index is 0.170. The third-order valence-electron chi connectivity index (χ3n) is 4.56. The van der Waals surface area contributed by atoms with E-state index in [1.54, 1.807) is 11.8 Å². The summed E-state index contributed by atoms with van der Waals surface area (Å²) in [5.41, 5.74) is 9.16. The van der Waals surface area contributed by atoms with Crippen LogP contribution in [0.4, 0.5) is 0 Å². The third-order valence-corrected chi connectivity index (χ3v) is 5.67. The van der Waals surface area contributed by atoms with E-state index in [2.05, 4.69) is 52.1 Å². The minimum atomic E-state index is 0.170. The Bertz CT molecular complexity index is 830. The quantitative estimate of drug-likeness (QED) is 0.362. The molecule has 140 valence electrons. The maximum Gasteiger partial charge on any atom is 0.188 e. The maximum atomic E-state index is 7.55. The van der Waals surface area contributed by atoms with E-state index in [0.717, 1.165) is 49.1 Å². The molecule has 3 rings (SSSR count). The molecule has 0 radical (unpaired) electrons. The van der Waals surface area contributed by atoms with Gasteiger partial charge in [0.2, 0.25) is 0 Å². The van der Waals surface area contributed by atoms with Crippen molar-refractivity contribution >= 4 is 17.7 Å². The molecule has 1 fully saturated rings. The van der Waals surface area contributed by atoms with Crippen LogP contribution in [0, 0.1) is 17.3 Å². The monoisotopic (exact) mass is 379 g/mol. The smallest absolute Gasteiger partial charge is 0.188 e. The van der Waals surface area contributed by atoms with Crippen LogP contribution in [-0.2, 0) is 12.3 Å². The van der Waals surface area contributed by atoms with E-state index >= 15 is 0 Å². The van der Waals surface area contributed by atoms with Crippen LogP contribution in [0.15, 0.2) is 47.6 Å². The van der Waals surface area contributed by atoms with Crippen LogP contribution in [0.5, 0.6) is 0 Å². The minimum Gasteiger partial charge on any atom is -0.370 e. The van der Waals surface area contributed by atoms with Gasteiger partial charge < -0.3 is 10.6 Å². The molecule has 2 aromatic rings. The lowest BCUT2D eigenvalue weighted by molar-refractivity contribution is 0.172. The van der Waals surface area contributed by atoms with Gasteiger partial charge in [0.05, 0.1) is 0 Å². The number of benzene rings is 1. The van der Waals surface area contributed by atoms with Crippen LogP contribution in [-0.4, -0.2) is 46.9 Å². The number of hydrogen-bond acceptors (Lipinski definition) is 4. The van der Waals surface area contributed by atoms with E-state index in [4.69, 9.17) is 11.1 Å². The largest absolute Gasteiger partial charge is 0.370 e. The first-order valence-electron chi connectivity index (χ1n) is 9.05. The summed E-state index contributed by atoms with van der Waals surface area (Å²) in [4.78, 5) is 8.92. The van der Waals surface area contributed by atoms with Crippen LogP contribution in [0.1, 0.15) is 23.6 Å². The Balaban J connectivity index is 1.59. The van der Waals surface area contributed by atoms with Crippen molar-refractivity contribution in [1.29, 1.82) is 5.41 Å². The molecule has 1 aliphatic rings. The Hall–Kier alpha value is -2.49. The van der Waals surface area contributed by atoms with Crippen LogP contribution in [0.3, 0.4) is 0 Å².